The van der Waals surface area contributed by atoms with E-state index in [4.69, 9.17) is 0 Å². The summed E-state index contributed by atoms with van der Waals surface area (Å²) in [4.78, 5) is 27.5. The Morgan fingerprint density at radius 1 is 1.33 bits per heavy atom. The number of fused-ring (bicyclic) bond motifs is 3. The van der Waals surface area contributed by atoms with Crippen LogP contribution in [0.25, 0.3) is 0 Å². The van der Waals surface area contributed by atoms with E-state index in [1.807, 2.05) is 18.0 Å². The predicted molar refractivity (Wildman–Crippen MR) is 96.7 cm³/mol. The number of carboxylic acid groups (broad SMARTS) is 1. The smallest absolute Gasteiger partial charge is 0.335 e. The highest BCUT2D eigenvalue weighted by molar-refractivity contribution is 9.10. The van der Waals surface area contributed by atoms with E-state index in [0.717, 1.165) is 28.6 Å². The maximum Gasteiger partial charge on any atom is 0.335 e. The first-order chi connectivity index (χ1) is 11.2. The van der Waals surface area contributed by atoms with Crippen LogP contribution in [-0.4, -0.2) is 47.1 Å². The lowest BCUT2D eigenvalue weighted by molar-refractivity contribution is -0.129. The van der Waals surface area contributed by atoms with Crippen LogP contribution >= 0.6 is 15.9 Å². The van der Waals surface area contributed by atoms with Crippen LogP contribution in [-0.2, 0) is 4.79 Å². The van der Waals surface area contributed by atoms with Gasteiger partial charge in [0.1, 0.15) is 0 Å². The molecule has 3 atom stereocenters. The Hall–Kier alpha value is -1.56. The van der Waals surface area contributed by atoms with E-state index in [1.165, 1.54) is 0 Å². The lowest BCUT2D eigenvalue weighted by Gasteiger charge is -2.38. The van der Waals surface area contributed by atoms with Crippen LogP contribution in [0, 0.1) is 0 Å². The second-order valence-corrected chi connectivity index (χ2v) is 7.93. The van der Waals surface area contributed by atoms with Gasteiger partial charge in [-0.2, -0.15) is 0 Å². The van der Waals surface area contributed by atoms with Gasteiger partial charge in [-0.1, -0.05) is 0 Å². The topological polar surface area (TPSA) is 60.9 Å². The summed E-state index contributed by atoms with van der Waals surface area (Å²) < 4.78 is 0.824. The number of anilines is 1. The number of carboxylic acids is 1. The molecule has 1 aliphatic heterocycles. The molecule has 1 N–H and O–H groups in total. The van der Waals surface area contributed by atoms with Crippen LogP contribution in [0.15, 0.2) is 16.6 Å². The Kier molecular flexibility index (Phi) is 4.36. The zero-order valence-electron chi connectivity index (χ0n) is 14.4. The van der Waals surface area contributed by atoms with Gasteiger partial charge in [0.2, 0.25) is 5.91 Å². The number of halogens is 1. The normalized spacial score (nSPS) is 24.9. The molecule has 1 aliphatic carbocycles. The molecule has 2 aliphatic rings. The summed E-state index contributed by atoms with van der Waals surface area (Å²) in [5.74, 6) is -0.566. The molecule has 0 spiro atoms. The number of carbonyl (C=O) groups is 2. The van der Waals surface area contributed by atoms with Gasteiger partial charge < -0.3 is 14.9 Å². The second-order valence-electron chi connectivity index (χ2n) is 7.07. The van der Waals surface area contributed by atoms with Crippen molar-refractivity contribution in [2.45, 2.75) is 57.7 Å². The van der Waals surface area contributed by atoms with Crippen molar-refractivity contribution in [1.29, 1.82) is 0 Å². The van der Waals surface area contributed by atoms with Crippen molar-refractivity contribution in [2.75, 3.05) is 11.9 Å². The van der Waals surface area contributed by atoms with Crippen molar-refractivity contribution in [1.82, 2.24) is 4.90 Å². The summed E-state index contributed by atoms with van der Waals surface area (Å²) in [6.07, 6.45) is 1.92. The van der Waals surface area contributed by atoms with Crippen LogP contribution < -0.4 is 4.90 Å². The zero-order chi connectivity index (χ0) is 17.8. The molecule has 3 unspecified atom stereocenters. The van der Waals surface area contributed by atoms with Crippen molar-refractivity contribution < 1.29 is 14.7 Å². The lowest BCUT2D eigenvalue weighted by atomic mass is 9.95. The summed E-state index contributed by atoms with van der Waals surface area (Å²) in [6, 6.07) is 4.13. The van der Waals surface area contributed by atoms with Gasteiger partial charge in [0, 0.05) is 30.4 Å². The fourth-order valence-corrected chi connectivity index (χ4v) is 5.07. The molecule has 130 valence electrons. The summed E-state index contributed by atoms with van der Waals surface area (Å²) >= 11 is 3.58. The van der Waals surface area contributed by atoms with Gasteiger partial charge in [-0.15, -0.1) is 0 Å². The summed E-state index contributed by atoms with van der Waals surface area (Å²) in [6.45, 7) is 5.90. The van der Waals surface area contributed by atoms with Crippen LogP contribution in [0.4, 0.5) is 5.69 Å². The summed E-state index contributed by atoms with van der Waals surface area (Å²) in [7, 11) is 1.87. The molecule has 0 saturated heterocycles. The largest absolute Gasteiger partial charge is 0.478 e. The minimum atomic E-state index is -0.909. The summed E-state index contributed by atoms with van der Waals surface area (Å²) in [5.41, 5.74) is 2.50. The third kappa shape index (κ3) is 2.51. The maximum absolute atomic E-state index is 11.9. The third-order valence-corrected chi connectivity index (χ3v) is 6.05. The number of rotatable bonds is 3. The Morgan fingerprint density at radius 3 is 2.54 bits per heavy atom. The highest BCUT2D eigenvalue weighted by Gasteiger charge is 2.50. The molecule has 0 radical (unpaired) electrons. The fourth-order valence-electron chi connectivity index (χ4n) is 4.39. The maximum atomic E-state index is 11.9. The molecule has 1 saturated carbocycles. The quantitative estimate of drug-likeness (QED) is 0.852. The molecule has 1 amide bonds. The minimum absolute atomic E-state index is 0.0746. The van der Waals surface area contributed by atoms with Crippen LogP contribution in [0.3, 0.4) is 0 Å². The van der Waals surface area contributed by atoms with Crippen LogP contribution in [0.1, 0.15) is 55.5 Å². The Morgan fingerprint density at radius 2 is 2.00 bits per heavy atom. The van der Waals surface area contributed by atoms with Crippen molar-refractivity contribution in [3.05, 3.63) is 27.7 Å². The molecule has 24 heavy (non-hydrogen) atoms. The number of likely N-dealkylation sites (N-methyl/N-ethyl adjacent to an activating group) is 1. The lowest BCUT2D eigenvalue weighted by Crippen LogP contribution is -2.51. The average molecular weight is 395 g/mol. The first kappa shape index (κ1) is 17.3. The highest BCUT2D eigenvalue weighted by Crippen LogP contribution is 2.53. The second kappa shape index (κ2) is 6.06. The zero-order valence-corrected chi connectivity index (χ0v) is 16.0. The van der Waals surface area contributed by atoms with Gasteiger partial charge in [-0.3, -0.25) is 4.79 Å². The van der Waals surface area contributed by atoms with Gasteiger partial charge in [0.15, 0.2) is 0 Å². The van der Waals surface area contributed by atoms with E-state index < -0.39 is 5.97 Å². The Balaban J connectivity index is 2.12. The van der Waals surface area contributed by atoms with E-state index in [1.54, 1.807) is 13.0 Å². The third-order valence-electron chi connectivity index (χ3n) is 5.45. The van der Waals surface area contributed by atoms with Crippen molar-refractivity contribution in [3.8, 4) is 0 Å². The molecule has 1 aromatic rings. The molecule has 1 fully saturated rings. The molecule has 1 heterocycles. The Bertz CT molecular complexity index is 704. The monoisotopic (exact) mass is 394 g/mol. The van der Waals surface area contributed by atoms with Crippen molar-refractivity contribution >= 4 is 33.5 Å². The highest BCUT2D eigenvalue weighted by atomic mass is 79.9. The number of hydrogen-bond acceptors (Lipinski definition) is 3. The van der Waals surface area contributed by atoms with Crippen LogP contribution in [0.2, 0.25) is 0 Å². The van der Waals surface area contributed by atoms with Crippen molar-refractivity contribution in [2.24, 2.45) is 0 Å². The number of nitrogens with zero attached hydrogens (tertiary/aromatic N) is 2. The number of aromatic carboxylic acids is 1. The fraction of sp³-hybridized carbons (Fsp3) is 0.556. The van der Waals surface area contributed by atoms with Gasteiger partial charge in [0.05, 0.1) is 23.3 Å². The number of carbonyl (C=O) groups excluding carboxylic acids is 1. The van der Waals surface area contributed by atoms with E-state index in [-0.39, 0.29) is 30.0 Å². The molecule has 6 heteroatoms. The van der Waals surface area contributed by atoms with E-state index in [0.29, 0.717) is 5.56 Å². The van der Waals surface area contributed by atoms with Gasteiger partial charge in [-0.05, 0) is 60.3 Å². The Labute approximate surface area is 150 Å². The van der Waals surface area contributed by atoms with E-state index >= 15 is 0 Å². The first-order valence-corrected chi connectivity index (χ1v) is 9.11. The first-order valence-electron chi connectivity index (χ1n) is 8.32. The van der Waals surface area contributed by atoms with Gasteiger partial charge in [-0.25, -0.2) is 4.79 Å². The van der Waals surface area contributed by atoms with Gasteiger partial charge in [0.25, 0.3) is 0 Å². The molecule has 0 aromatic heterocycles. The van der Waals surface area contributed by atoms with Crippen molar-refractivity contribution in [3.63, 3.8) is 0 Å². The predicted octanol–water partition coefficient (Wildman–Crippen LogP) is 3.47. The molecule has 3 rings (SSSR count). The molecule has 0 bridgehead atoms. The van der Waals surface area contributed by atoms with E-state index in [2.05, 4.69) is 34.7 Å². The molecular weight excluding hydrogens is 372 g/mol. The van der Waals surface area contributed by atoms with Crippen LogP contribution in [0.5, 0.6) is 0 Å². The SMILES string of the molecule is CC(=O)N(C)C1CCC2c3cc(C(=O)O)cc(Br)c3N(C(C)C)C21. The molecule has 1 aromatic carbocycles. The molecular formula is C18H23BrN2O3. The van der Waals surface area contributed by atoms with E-state index in [9.17, 15) is 14.7 Å². The summed E-state index contributed by atoms with van der Waals surface area (Å²) in [5, 5.41) is 9.38. The molecule has 5 nitrogen and oxygen atoms in total. The number of benzene rings is 1. The van der Waals surface area contributed by atoms with Gasteiger partial charge >= 0.3 is 5.97 Å². The standard InChI is InChI=1S/C18H23BrN2O3/c1-9(2)21-16-13(7-11(18(23)24)8-14(16)19)12-5-6-15(17(12)21)20(4)10(3)22/h7-9,12,15,17H,5-6H2,1-4H3,(H,23,24). The minimum Gasteiger partial charge on any atom is -0.478 e. The number of amides is 1. The number of hydrogen-bond donors (Lipinski definition) is 1. The average Bonchev–Trinajstić information content (AvgIpc) is 3.04.